The molecular weight excluding hydrogens is 278 g/mol. The normalized spacial score (nSPS) is 19.4. The van der Waals surface area contributed by atoms with Crippen molar-refractivity contribution < 1.29 is 9.90 Å². The van der Waals surface area contributed by atoms with E-state index in [1.807, 2.05) is 0 Å². The first-order valence-corrected chi connectivity index (χ1v) is 7.45. The van der Waals surface area contributed by atoms with E-state index in [-0.39, 0.29) is 17.1 Å². The molecule has 116 valence electrons. The first-order chi connectivity index (χ1) is 10.3. The molecule has 0 saturated heterocycles. The Kier molecular flexibility index (Phi) is 3.24. The van der Waals surface area contributed by atoms with E-state index in [0.717, 1.165) is 6.42 Å². The lowest BCUT2D eigenvalue weighted by atomic mass is 9.87. The number of hydrogen-bond acceptors (Lipinski definition) is 3. The molecule has 3 rings (SSSR count). The Hall–Kier alpha value is -2.30. The van der Waals surface area contributed by atoms with Crippen LogP contribution in [0.1, 0.15) is 53.4 Å². The zero-order chi connectivity index (χ0) is 16.1. The summed E-state index contributed by atoms with van der Waals surface area (Å²) >= 11 is 0. The SMILES string of the molecule is Cc1ccc(C2CC(C)(C)n3ncc(C(=O)O)c3N2)c(C)c1. The summed E-state index contributed by atoms with van der Waals surface area (Å²) in [4.78, 5) is 11.4. The van der Waals surface area contributed by atoms with Crippen molar-refractivity contribution in [3.8, 4) is 0 Å². The number of fused-ring (bicyclic) bond motifs is 1. The van der Waals surface area contributed by atoms with Gasteiger partial charge in [0.15, 0.2) is 0 Å². The van der Waals surface area contributed by atoms with Gasteiger partial charge in [0.05, 0.1) is 17.8 Å². The van der Waals surface area contributed by atoms with Crippen molar-refractivity contribution in [1.82, 2.24) is 9.78 Å². The van der Waals surface area contributed by atoms with Crippen LogP contribution in [0.2, 0.25) is 0 Å². The fraction of sp³-hybridized carbons (Fsp3) is 0.412. The van der Waals surface area contributed by atoms with Crippen molar-refractivity contribution in [3.05, 3.63) is 46.6 Å². The number of benzene rings is 1. The third kappa shape index (κ3) is 2.26. The number of aromatic nitrogens is 2. The summed E-state index contributed by atoms with van der Waals surface area (Å²) in [5.74, 6) is -0.362. The summed E-state index contributed by atoms with van der Waals surface area (Å²) in [7, 11) is 0. The van der Waals surface area contributed by atoms with E-state index < -0.39 is 5.97 Å². The molecule has 22 heavy (non-hydrogen) atoms. The first-order valence-electron chi connectivity index (χ1n) is 7.45. The molecule has 2 heterocycles. The Balaban J connectivity index is 2.07. The van der Waals surface area contributed by atoms with Crippen molar-refractivity contribution >= 4 is 11.8 Å². The molecule has 0 saturated carbocycles. The predicted octanol–water partition coefficient (Wildman–Crippen LogP) is 3.49. The van der Waals surface area contributed by atoms with E-state index in [2.05, 4.69) is 56.3 Å². The van der Waals surface area contributed by atoms with E-state index in [4.69, 9.17) is 0 Å². The predicted molar refractivity (Wildman–Crippen MR) is 85.4 cm³/mol. The molecule has 0 fully saturated rings. The molecule has 1 aromatic heterocycles. The highest BCUT2D eigenvalue weighted by molar-refractivity contribution is 5.93. The van der Waals surface area contributed by atoms with Crippen LogP contribution in [-0.2, 0) is 5.54 Å². The summed E-state index contributed by atoms with van der Waals surface area (Å²) in [6, 6.07) is 6.47. The summed E-state index contributed by atoms with van der Waals surface area (Å²) in [6.07, 6.45) is 2.28. The Morgan fingerprint density at radius 1 is 1.41 bits per heavy atom. The molecule has 0 spiro atoms. The first kappa shape index (κ1) is 14.6. The zero-order valence-electron chi connectivity index (χ0n) is 13.3. The van der Waals surface area contributed by atoms with Crippen LogP contribution < -0.4 is 5.32 Å². The van der Waals surface area contributed by atoms with Crippen LogP contribution in [0.25, 0.3) is 0 Å². The lowest BCUT2D eigenvalue weighted by molar-refractivity contribution is 0.0697. The summed E-state index contributed by atoms with van der Waals surface area (Å²) < 4.78 is 1.79. The Morgan fingerprint density at radius 3 is 2.77 bits per heavy atom. The van der Waals surface area contributed by atoms with Crippen molar-refractivity contribution in [1.29, 1.82) is 0 Å². The van der Waals surface area contributed by atoms with Crippen molar-refractivity contribution in [2.75, 3.05) is 5.32 Å². The van der Waals surface area contributed by atoms with Crippen molar-refractivity contribution in [3.63, 3.8) is 0 Å². The Labute approximate surface area is 130 Å². The second kappa shape index (κ2) is 4.87. The standard InChI is InChI=1S/C17H21N3O2/c1-10-5-6-12(11(2)7-10)14-8-17(3,4)20-15(19-14)13(9-18-20)16(21)22/h5-7,9,14,19H,8H2,1-4H3,(H,21,22). The Bertz CT molecular complexity index is 746. The maximum absolute atomic E-state index is 11.4. The van der Waals surface area contributed by atoms with Crippen molar-refractivity contribution in [2.45, 2.75) is 45.7 Å². The molecule has 2 N–H and O–H groups in total. The van der Waals surface area contributed by atoms with E-state index in [0.29, 0.717) is 5.82 Å². The molecule has 0 aliphatic carbocycles. The molecular formula is C17H21N3O2. The molecule has 2 aromatic rings. The van der Waals surface area contributed by atoms with Gasteiger partial charge in [0.25, 0.3) is 0 Å². The number of aryl methyl sites for hydroxylation is 2. The van der Waals surface area contributed by atoms with Crippen LogP contribution in [-0.4, -0.2) is 20.9 Å². The maximum atomic E-state index is 11.4. The minimum atomic E-state index is -0.953. The molecule has 1 atom stereocenters. The van der Waals surface area contributed by atoms with Gasteiger partial charge in [0.2, 0.25) is 0 Å². The number of rotatable bonds is 2. The van der Waals surface area contributed by atoms with Gasteiger partial charge in [-0.3, -0.25) is 0 Å². The largest absolute Gasteiger partial charge is 0.477 e. The second-order valence-electron chi connectivity index (χ2n) is 6.70. The van der Waals surface area contributed by atoms with E-state index in [1.54, 1.807) is 4.68 Å². The average Bonchev–Trinajstić information content (AvgIpc) is 2.82. The number of carboxylic acids is 1. The van der Waals surface area contributed by atoms with Crippen LogP contribution >= 0.6 is 0 Å². The molecule has 5 nitrogen and oxygen atoms in total. The van der Waals surface area contributed by atoms with Gasteiger partial charge in [-0.15, -0.1) is 0 Å². The van der Waals surface area contributed by atoms with Crippen molar-refractivity contribution in [2.24, 2.45) is 0 Å². The molecule has 5 heteroatoms. The van der Waals surface area contributed by atoms with Gasteiger partial charge in [0.1, 0.15) is 11.4 Å². The minimum Gasteiger partial charge on any atom is -0.477 e. The van der Waals surface area contributed by atoms with Crippen LogP contribution in [0.5, 0.6) is 0 Å². The molecule has 1 unspecified atom stereocenters. The molecule has 1 aliphatic heterocycles. The number of nitrogens with one attached hydrogen (secondary N) is 1. The molecule has 1 aromatic carbocycles. The van der Waals surface area contributed by atoms with Gasteiger partial charge in [-0.2, -0.15) is 5.10 Å². The highest BCUT2D eigenvalue weighted by Crippen LogP contribution is 2.40. The van der Waals surface area contributed by atoms with Gasteiger partial charge < -0.3 is 10.4 Å². The van der Waals surface area contributed by atoms with Gasteiger partial charge in [-0.25, -0.2) is 9.48 Å². The quantitative estimate of drug-likeness (QED) is 0.890. The number of hydrogen-bond donors (Lipinski definition) is 2. The summed E-state index contributed by atoms with van der Waals surface area (Å²) in [5, 5.41) is 17.0. The third-order valence-electron chi connectivity index (χ3n) is 4.39. The van der Waals surface area contributed by atoms with Gasteiger partial charge in [-0.05, 0) is 45.2 Å². The number of carbonyl (C=O) groups is 1. The van der Waals surface area contributed by atoms with Crippen LogP contribution in [0.3, 0.4) is 0 Å². The highest BCUT2D eigenvalue weighted by Gasteiger charge is 2.36. The highest BCUT2D eigenvalue weighted by atomic mass is 16.4. The maximum Gasteiger partial charge on any atom is 0.341 e. The molecule has 0 radical (unpaired) electrons. The van der Waals surface area contributed by atoms with Gasteiger partial charge >= 0.3 is 5.97 Å². The fourth-order valence-corrected chi connectivity index (χ4v) is 3.31. The number of carboxylic acid groups (broad SMARTS) is 1. The lowest BCUT2D eigenvalue weighted by Gasteiger charge is -2.38. The topological polar surface area (TPSA) is 67.2 Å². The summed E-state index contributed by atoms with van der Waals surface area (Å²) in [5.41, 5.74) is 3.65. The number of nitrogens with zero attached hydrogens (tertiary/aromatic N) is 2. The lowest BCUT2D eigenvalue weighted by Crippen LogP contribution is -2.38. The van der Waals surface area contributed by atoms with E-state index >= 15 is 0 Å². The summed E-state index contributed by atoms with van der Waals surface area (Å²) in [6.45, 7) is 8.35. The minimum absolute atomic E-state index is 0.0814. The number of aromatic carboxylic acids is 1. The fourth-order valence-electron chi connectivity index (χ4n) is 3.31. The van der Waals surface area contributed by atoms with Crippen LogP contribution in [0.4, 0.5) is 5.82 Å². The van der Waals surface area contributed by atoms with E-state index in [1.165, 1.54) is 22.9 Å². The molecule has 1 aliphatic rings. The monoisotopic (exact) mass is 299 g/mol. The Morgan fingerprint density at radius 2 is 2.14 bits per heavy atom. The van der Waals surface area contributed by atoms with Crippen LogP contribution in [0, 0.1) is 13.8 Å². The van der Waals surface area contributed by atoms with E-state index in [9.17, 15) is 9.90 Å². The average molecular weight is 299 g/mol. The van der Waals surface area contributed by atoms with Crippen LogP contribution in [0.15, 0.2) is 24.4 Å². The number of anilines is 1. The molecule has 0 amide bonds. The third-order valence-corrected chi connectivity index (χ3v) is 4.39. The second-order valence-corrected chi connectivity index (χ2v) is 6.70. The molecule has 0 bridgehead atoms. The van der Waals surface area contributed by atoms with Gasteiger partial charge in [-0.1, -0.05) is 23.8 Å². The smallest absolute Gasteiger partial charge is 0.341 e. The zero-order valence-corrected chi connectivity index (χ0v) is 13.3. The van der Waals surface area contributed by atoms with Gasteiger partial charge in [0, 0.05) is 0 Å².